The van der Waals surface area contributed by atoms with Gasteiger partial charge < -0.3 is 14.6 Å². The van der Waals surface area contributed by atoms with Gasteiger partial charge in [-0.25, -0.2) is 0 Å². The molecule has 20 heavy (non-hydrogen) atoms. The monoisotopic (exact) mass is 300 g/mol. The Morgan fingerprint density at radius 1 is 1.10 bits per heavy atom. The van der Waals surface area contributed by atoms with Crippen LogP contribution >= 0.6 is 0 Å². The maximum absolute atomic E-state index is 12.2. The van der Waals surface area contributed by atoms with Crippen LogP contribution < -0.4 is 0 Å². The number of nitrogens with zero attached hydrogens (tertiary/aromatic N) is 2. The summed E-state index contributed by atoms with van der Waals surface area (Å²) in [6, 6.07) is 0. The molecule has 1 N–H and O–H groups in total. The van der Waals surface area contributed by atoms with E-state index < -0.39 is 18.8 Å². The molecule has 120 valence electrons. The molecule has 1 saturated heterocycles. The van der Waals surface area contributed by atoms with Crippen molar-refractivity contribution in [3.8, 4) is 0 Å². The molecule has 1 unspecified atom stereocenters. The molecule has 0 radical (unpaired) electrons. The van der Waals surface area contributed by atoms with Crippen LogP contribution in [0, 0.1) is 0 Å². The van der Waals surface area contributed by atoms with Crippen molar-refractivity contribution in [1.29, 1.82) is 0 Å². The van der Waals surface area contributed by atoms with Gasteiger partial charge in [-0.3, -0.25) is 9.80 Å². The second-order valence-electron chi connectivity index (χ2n) is 4.91. The highest BCUT2D eigenvalue weighted by Crippen LogP contribution is 2.17. The number of β-amino-alcohol motifs (C(OH)–C–C–N with tert-alkyl or cyclic N) is 1. The average molecular weight is 300 g/mol. The fourth-order valence-electron chi connectivity index (χ4n) is 2.10. The van der Waals surface area contributed by atoms with E-state index in [9.17, 15) is 18.3 Å². The van der Waals surface area contributed by atoms with Crippen LogP contribution in [-0.4, -0.2) is 93.4 Å². The second kappa shape index (κ2) is 8.78. The van der Waals surface area contributed by atoms with E-state index in [1.54, 1.807) is 7.11 Å². The first-order valence-corrected chi connectivity index (χ1v) is 6.67. The standard InChI is InChI=1S/C12H23F3N2O3/c1-19-6-7-20-9-11(18)8-16-2-4-17(5-3-16)10-12(13,14)15/h11,18H,2-10H2,1H3. The minimum Gasteiger partial charge on any atom is -0.389 e. The van der Waals surface area contributed by atoms with Gasteiger partial charge in [0.2, 0.25) is 0 Å². The van der Waals surface area contributed by atoms with Gasteiger partial charge in [-0.1, -0.05) is 0 Å². The highest BCUT2D eigenvalue weighted by molar-refractivity contribution is 4.75. The SMILES string of the molecule is COCCOCC(O)CN1CCN(CC(F)(F)F)CC1. The number of piperazine rings is 1. The molecule has 0 aromatic carbocycles. The third-order valence-corrected chi connectivity index (χ3v) is 3.08. The van der Waals surface area contributed by atoms with E-state index in [4.69, 9.17) is 9.47 Å². The van der Waals surface area contributed by atoms with E-state index in [2.05, 4.69) is 0 Å². The maximum Gasteiger partial charge on any atom is 0.401 e. The Balaban J connectivity index is 2.12. The third-order valence-electron chi connectivity index (χ3n) is 3.08. The molecule has 1 rings (SSSR count). The molecular formula is C12H23F3N2O3. The molecule has 1 atom stereocenters. The minimum absolute atomic E-state index is 0.214. The lowest BCUT2D eigenvalue weighted by molar-refractivity contribution is -0.149. The number of rotatable bonds is 8. The highest BCUT2D eigenvalue weighted by Gasteiger charge is 2.32. The normalized spacial score (nSPS) is 20.2. The Hall–Kier alpha value is -0.410. The molecular weight excluding hydrogens is 277 g/mol. The third kappa shape index (κ3) is 8.01. The second-order valence-corrected chi connectivity index (χ2v) is 4.91. The van der Waals surface area contributed by atoms with Gasteiger partial charge in [0.1, 0.15) is 0 Å². The van der Waals surface area contributed by atoms with Gasteiger partial charge in [-0.2, -0.15) is 13.2 Å². The molecule has 5 nitrogen and oxygen atoms in total. The number of hydrogen-bond acceptors (Lipinski definition) is 5. The Morgan fingerprint density at radius 2 is 1.70 bits per heavy atom. The number of methoxy groups -OCH3 is 1. The first-order chi connectivity index (χ1) is 9.40. The Kier molecular flexibility index (Phi) is 7.75. The number of halogens is 3. The van der Waals surface area contributed by atoms with Crippen molar-refractivity contribution in [2.24, 2.45) is 0 Å². The van der Waals surface area contributed by atoms with Gasteiger partial charge in [0.25, 0.3) is 0 Å². The van der Waals surface area contributed by atoms with Crippen LogP contribution in [0.2, 0.25) is 0 Å². The molecule has 1 aliphatic rings. The molecule has 0 bridgehead atoms. The molecule has 8 heteroatoms. The van der Waals surface area contributed by atoms with Crippen LogP contribution in [0.25, 0.3) is 0 Å². The van der Waals surface area contributed by atoms with Crippen LogP contribution in [0.5, 0.6) is 0 Å². The van der Waals surface area contributed by atoms with E-state index in [0.717, 1.165) is 0 Å². The lowest BCUT2D eigenvalue weighted by Gasteiger charge is -2.35. The molecule has 1 heterocycles. The average Bonchev–Trinajstić information content (AvgIpc) is 2.35. The van der Waals surface area contributed by atoms with Crippen LogP contribution in [0.1, 0.15) is 0 Å². The summed E-state index contributed by atoms with van der Waals surface area (Å²) >= 11 is 0. The van der Waals surface area contributed by atoms with Crippen molar-refractivity contribution in [3.63, 3.8) is 0 Å². The smallest absolute Gasteiger partial charge is 0.389 e. The zero-order chi connectivity index (χ0) is 15.0. The predicted molar refractivity (Wildman–Crippen MR) is 67.6 cm³/mol. The molecule has 1 fully saturated rings. The van der Waals surface area contributed by atoms with Crippen molar-refractivity contribution < 1.29 is 27.8 Å². The summed E-state index contributed by atoms with van der Waals surface area (Å²) in [5.74, 6) is 0. The molecule has 0 aromatic rings. The van der Waals surface area contributed by atoms with Gasteiger partial charge in [-0.05, 0) is 0 Å². The van der Waals surface area contributed by atoms with Crippen LogP contribution in [0.15, 0.2) is 0 Å². The van der Waals surface area contributed by atoms with E-state index in [0.29, 0.717) is 45.9 Å². The van der Waals surface area contributed by atoms with Crippen LogP contribution in [0.4, 0.5) is 13.2 Å². The number of aliphatic hydroxyl groups is 1. The molecule has 0 spiro atoms. The van der Waals surface area contributed by atoms with Gasteiger partial charge in [0.15, 0.2) is 0 Å². The number of aliphatic hydroxyl groups excluding tert-OH is 1. The lowest BCUT2D eigenvalue weighted by atomic mass is 10.2. The summed E-state index contributed by atoms with van der Waals surface area (Å²) in [7, 11) is 1.57. The van der Waals surface area contributed by atoms with Crippen molar-refractivity contribution in [2.45, 2.75) is 12.3 Å². The summed E-state index contributed by atoms with van der Waals surface area (Å²) in [4.78, 5) is 3.34. The number of ether oxygens (including phenoxy) is 2. The predicted octanol–water partition coefficient (Wildman–Crippen LogP) is 0.190. The lowest BCUT2D eigenvalue weighted by Crippen LogP contribution is -2.51. The van der Waals surface area contributed by atoms with Gasteiger partial charge in [0, 0.05) is 39.8 Å². The van der Waals surface area contributed by atoms with E-state index in [-0.39, 0.29) is 6.61 Å². The minimum atomic E-state index is -4.14. The molecule has 0 aromatic heterocycles. The van der Waals surface area contributed by atoms with Crippen LogP contribution in [0.3, 0.4) is 0 Å². The number of alkyl halides is 3. The number of hydrogen-bond donors (Lipinski definition) is 1. The highest BCUT2D eigenvalue weighted by atomic mass is 19.4. The topological polar surface area (TPSA) is 45.2 Å². The first kappa shape index (κ1) is 17.6. The Morgan fingerprint density at radius 3 is 2.25 bits per heavy atom. The van der Waals surface area contributed by atoms with Crippen molar-refractivity contribution in [2.75, 3.05) is 66.2 Å². The molecule has 1 aliphatic heterocycles. The molecule has 0 aliphatic carbocycles. The summed E-state index contributed by atoms with van der Waals surface area (Å²) in [5.41, 5.74) is 0. The van der Waals surface area contributed by atoms with Crippen molar-refractivity contribution in [1.82, 2.24) is 9.80 Å². The Labute approximate surface area is 117 Å². The maximum atomic E-state index is 12.2. The van der Waals surface area contributed by atoms with Crippen molar-refractivity contribution >= 4 is 0 Å². The fourth-order valence-corrected chi connectivity index (χ4v) is 2.10. The summed E-state index contributed by atoms with van der Waals surface area (Å²) in [6.07, 6.45) is -4.77. The summed E-state index contributed by atoms with van der Waals surface area (Å²) in [5, 5.41) is 9.75. The van der Waals surface area contributed by atoms with E-state index in [1.165, 1.54) is 4.90 Å². The zero-order valence-corrected chi connectivity index (χ0v) is 11.7. The Bertz CT molecular complexity index is 259. The zero-order valence-electron chi connectivity index (χ0n) is 11.7. The fraction of sp³-hybridized carbons (Fsp3) is 1.00. The summed E-state index contributed by atoms with van der Waals surface area (Å²) < 4.78 is 46.7. The first-order valence-electron chi connectivity index (χ1n) is 6.67. The largest absolute Gasteiger partial charge is 0.401 e. The van der Waals surface area contributed by atoms with Gasteiger partial charge in [0.05, 0.1) is 32.5 Å². The van der Waals surface area contributed by atoms with Crippen LogP contribution in [-0.2, 0) is 9.47 Å². The van der Waals surface area contributed by atoms with Crippen molar-refractivity contribution in [3.05, 3.63) is 0 Å². The molecule has 0 amide bonds. The van der Waals surface area contributed by atoms with E-state index in [1.807, 2.05) is 4.90 Å². The van der Waals surface area contributed by atoms with Gasteiger partial charge >= 0.3 is 6.18 Å². The quantitative estimate of drug-likeness (QED) is 0.649. The van der Waals surface area contributed by atoms with Gasteiger partial charge in [-0.15, -0.1) is 0 Å². The molecule has 0 saturated carbocycles. The summed E-state index contributed by atoms with van der Waals surface area (Å²) in [6.45, 7) is 2.49. The van der Waals surface area contributed by atoms with E-state index >= 15 is 0 Å².